The molecule has 0 saturated heterocycles. The van der Waals surface area contributed by atoms with E-state index < -0.39 is 6.04 Å². The molecule has 1 unspecified atom stereocenters. The molecule has 0 saturated carbocycles. The van der Waals surface area contributed by atoms with Crippen LogP contribution in [0.25, 0.3) is 0 Å². The van der Waals surface area contributed by atoms with Crippen molar-refractivity contribution in [2.75, 3.05) is 0 Å². The van der Waals surface area contributed by atoms with Crippen LogP contribution in [-0.2, 0) is 5.41 Å². The standard InChI is InChI=1S/C13H18BrNO/c1-8(15)12(16)10-7-9(14)5-6-11(10)13(2,3)4/h5-8H,15H2,1-4H3. The summed E-state index contributed by atoms with van der Waals surface area (Å²) in [5.74, 6) is -0.00812. The van der Waals surface area contributed by atoms with Crippen molar-refractivity contribution in [3.05, 3.63) is 33.8 Å². The predicted molar refractivity (Wildman–Crippen MR) is 70.8 cm³/mol. The molecule has 1 aromatic rings. The van der Waals surface area contributed by atoms with Crippen molar-refractivity contribution in [1.29, 1.82) is 0 Å². The summed E-state index contributed by atoms with van der Waals surface area (Å²) in [5.41, 5.74) is 7.37. The van der Waals surface area contributed by atoms with Gasteiger partial charge in [-0.15, -0.1) is 0 Å². The van der Waals surface area contributed by atoms with E-state index >= 15 is 0 Å². The molecular formula is C13H18BrNO. The summed E-state index contributed by atoms with van der Waals surface area (Å²) in [6, 6.07) is 5.33. The van der Waals surface area contributed by atoms with Gasteiger partial charge in [-0.25, -0.2) is 0 Å². The van der Waals surface area contributed by atoms with Crippen molar-refractivity contribution in [2.45, 2.75) is 39.2 Å². The molecule has 0 aliphatic heterocycles. The fraction of sp³-hybridized carbons (Fsp3) is 0.462. The van der Waals surface area contributed by atoms with Crippen LogP contribution in [0.5, 0.6) is 0 Å². The van der Waals surface area contributed by atoms with E-state index in [1.807, 2.05) is 18.2 Å². The largest absolute Gasteiger partial charge is 0.321 e. The van der Waals surface area contributed by atoms with E-state index in [9.17, 15) is 4.79 Å². The van der Waals surface area contributed by atoms with Gasteiger partial charge in [-0.1, -0.05) is 42.8 Å². The average molecular weight is 284 g/mol. The average Bonchev–Trinajstić information content (AvgIpc) is 2.14. The van der Waals surface area contributed by atoms with E-state index in [0.29, 0.717) is 0 Å². The maximum absolute atomic E-state index is 12.0. The normalized spacial score (nSPS) is 13.6. The summed E-state index contributed by atoms with van der Waals surface area (Å²) in [6.45, 7) is 7.99. The lowest BCUT2D eigenvalue weighted by Crippen LogP contribution is -2.29. The van der Waals surface area contributed by atoms with E-state index in [2.05, 4.69) is 36.7 Å². The minimum absolute atomic E-state index is 0.00812. The van der Waals surface area contributed by atoms with Gasteiger partial charge in [0.25, 0.3) is 0 Å². The minimum atomic E-state index is -0.463. The van der Waals surface area contributed by atoms with Crippen LogP contribution in [0.1, 0.15) is 43.6 Å². The number of nitrogens with two attached hydrogens (primary N) is 1. The van der Waals surface area contributed by atoms with Gasteiger partial charge in [-0.2, -0.15) is 0 Å². The van der Waals surface area contributed by atoms with Gasteiger partial charge < -0.3 is 5.73 Å². The number of hydrogen-bond acceptors (Lipinski definition) is 2. The van der Waals surface area contributed by atoms with Crippen LogP contribution in [-0.4, -0.2) is 11.8 Å². The first kappa shape index (κ1) is 13.4. The predicted octanol–water partition coefficient (Wildman–Crippen LogP) is 3.28. The summed E-state index contributed by atoms with van der Waals surface area (Å²) >= 11 is 3.39. The quantitative estimate of drug-likeness (QED) is 0.847. The summed E-state index contributed by atoms with van der Waals surface area (Å²) in [7, 11) is 0. The highest BCUT2D eigenvalue weighted by Gasteiger charge is 2.23. The molecule has 0 radical (unpaired) electrons. The second kappa shape index (κ2) is 4.68. The molecule has 0 aromatic heterocycles. The molecule has 3 heteroatoms. The van der Waals surface area contributed by atoms with Crippen LogP contribution in [0.15, 0.2) is 22.7 Å². The fourth-order valence-electron chi connectivity index (χ4n) is 1.62. The smallest absolute Gasteiger partial charge is 0.179 e. The van der Waals surface area contributed by atoms with E-state index in [0.717, 1.165) is 15.6 Å². The van der Waals surface area contributed by atoms with Crippen LogP contribution < -0.4 is 5.73 Å². The van der Waals surface area contributed by atoms with Crippen LogP contribution in [0, 0.1) is 0 Å². The van der Waals surface area contributed by atoms with Crippen molar-refractivity contribution in [3.8, 4) is 0 Å². The number of carbonyl (C=O) groups is 1. The Morgan fingerprint density at radius 1 is 1.38 bits per heavy atom. The van der Waals surface area contributed by atoms with Crippen LogP contribution in [0.3, 0.4) is 0 Å². The SMILES string of the molecule is CC(N)C(=O)c1cc(Br)ccc1C(C)(C)C. The van der Waals surface area contributed by atoms with Gasteiger partial charge in [0.05, 0.1) is 6.04 Å². The number of benzene rings is 1. The molecule has 88 valence electrons. The van der Waals surface area contributed by atoms with E-state index in [1.54, 1.807) is 6.92 Å². The molecule has 1 rings (SSSR count). The van der Waals surface area contributed by atoms with Crippen molar-refractivity contribution in [3.63, 3.8) is 0 Å². The van der Waals surface area contributed by atoms with Gasteiger partial charge in [-0.3, -0.25) is 4.79 Å². The Hall–Kier alpha value is -0.670. The lowest BCUT2D eigenvalue weighted by molar-refractivity contribution is 0.0965. The number of carbonyl (C=O) groups excluding carboxylic acids is 1. The van der Waals surface area contributed by atoms with E-state index in [1.165, 1.54) is 0 Å². The van der Waals surface area contributed by atoms with Crippen molar-refractivity contribution < 1.29 is 4.79 Å². The zero-order valence-corrected chi connectivity index (χ0v) is 11.8. The van der Waals surface area contributed by atoms with Crippen LogP contribution in [0.4, 0.5) is 0 Å². The second-order valence-electron chi connectivity index (χ2n) is 5.09. The number of hydrogen-bond donors (Lipinski definition) is 1. The van der Waals surface area contributed by atoms with E-state index in [-0.39, 0.29) is 11.2 Å². The lowest BCUT2D eigenvalue weighted by atomic mass is 9.82. The Morgan fingerprint density at radius 3 is 2.38 bits per heavy atom. The first-order chi connectivity index (χ1) is 7.23. The maximum Gasteiger partial charge on any atom is 0.179 e. The number of halogens is 1. The minimum Gasteiger partial charge on any atom is -0.321 e. The van der Waals surface area contributed by atoms with Crippen LogP contribution >= 0.6 is 15.9 Å². The molecule has 2 N–H and O–H groups in total. The zero-order valence-electron chi connectivity index (χ0n) is 10.2. The zero-order chi connectivity index (χ0) is 12.5. The number of Topliss-reactive ketones (excluding diaryl/α,β-unsaturated/α-hetero) is 1. The summed E-state index contributed by atoms with van der Waals surface area (Å²) in [4.78, 5) is 12.0. The molecule has 0 heterocycles. The van der Waals surface area contributed by atoms with Crippen molar-refractivity contribution in [2.24, 2.45) is 5.73 Å². The Labute approximate surface area is 105 Å². The Bertz CT molecular complexity index is 405. The molecule has 0 amide bonds. The van der Waals surface area contributed by atoms with Gasteiger partial charge in [0, 0.05) is 10.0 Å². The molecule has 0 aliphatic carbocycles. The molecule has 0 spiro atoms. The van der Waals surface area contributed by atoms with Crippen molar-refractivity contribution >= 4 is 21.7 Å². The third-order valence-corrected chi connectivity index (χ3v) is 2.96. The molecule has 1 aromatic carbocycles. The summed E-state index contributed by atoms with van der Waals surface area (Å²) in [6.07, 6.45) is 0. The monoisotopic (exact) mass is 283 g/mol. The highest BCUT2D eigenvalue weighted by Crippen LogP contribution is 2.28. The molecule has 16 heavy (non-hydrogen) atoms. The summed E-state index contributed by atoms with van der Waals surface area (Å²) < 4.78 is 0.907. The topological polar surface area (TPSA) is 43.1 Å². The highest BCUT2D eigenvalue weighted by atomic mass is 79.9. The van der Waals surface area contributed by atoms with Gasteiger partial charge in [0.1, 0.15) is 0 Å². The van der Waals surface area contributed by atoms with E-state index in [4.69, 9.17) is 5.73 Å². The third kappa shape index (κ3) is 2.92. The third-order valence-electron chi connectivity index (χ3n) is 2.47. The maximum atomic E-state index is 12.0. The molecule has 2 nitrogen and oxygen atoms in total. The Morgan fingerprint density at radius 2 is 1.94 bits per heavy atom. The number of rotatable bonds is 2. The molecule has 0 bridgehead atoms. The fourth-order valence-corrected chi connectivity index (χ4v) is 1.98. The number of ketones is 1. The first-order valence-corrected chi connectivity index (χ1v) is 6.12. The van der Waals surface area contributed by atoms with Gasteiger partial charge in [0.15, 0.2) is 5.78 Å². The van der Waals surface area contributed by atoms with Gasteiger partial charge in [-0.05, 0) is 30.0 Å². The lowest BCUT2D eigenvalue weighted by Gasteiger charge is -2.23. The second-order valence-corrected chi connectivity index (χ2v) is 6.01. The molecule has 0 aliphatic rings. The van der Waals surface area contributed by atoms with Crippen molar-refractivity contribution in [1.82, 2.24) is 0 Å². The highest BCUT2D eigenvalue weighted by molar-refractivity contribution is 9.10. The Kier molecular flexibility index (Phi) is 3.92. The van der Waals surface area contributed by atoms with Gasteiger partial charge >= 0.3 is 0 Å². The Balaban J connectivity index is 3.35. The molecule has 0 fully saturated rings. The first-order valence-electron chi connectivity index (χ1n) is 5.33. The summed E-state index contributed by atoms with van der Waals surface area (Å²) in [5, 5.41) is 0. The van der Waals surface area contributed by atoms with Gasteiger partial charge in [0.2, 0.25) is 0 Å². The molecule has 1 atom stereocenters. The molecular weight excluding hydrogens is 266 g/mol. The van der Waals surface area contributed by atoms with Crippen LogP contribution in [0.2, 0.25) is 0 Å².